The van der Waals surface area contributed by atoms with Crippen molar-refractivity contribution in [1.82, 2.24) is 9.97 Å². The van der Waals surface area contributed by atoms with Crippen molar-refractivity contribution in [1.29, 1.82) is 5.26 Å². The van der Waals surface area contributed by atoms with Crippen LogP contribution in [0.2, 0.25) is 0 Å². The van der Waals surface area contributed by atoms with Crippen molar-refractivity contribution in [3.63, 3.8) is 0 Å². The lowest BCUT2D eigenvalue weighted by molar-refractivity contribution is 1.18. The highest BCUT2D eigenvalue weighted by molar-refractivity contribution is 5.65. The summed E-state index contributed by atoms with van der Waals surface area (Å²) >= 11 is 0. The second kappa shape index (κ2) is 5.43. The minimum atomic E-state index is 0.631. The Labute approximate surface area is 122 Å². The molecule has 2 N–H and O–H groups in total. The Morgan fingerprint density at radius 1 is 0.857 bits per heavy atom. The first-order valence-corrected chi connectivity index (χ1v) is 6.46. The van der Waals surface area contributed by atoms with E-state index in [2.05, 4.69) is 16.0 Å². The molecule has 100 valence electrons. The van der Waals surface area contributed by atoms with E-state index in [0.717, 1.165) is 16.8 Å². The Hall–Kier alpha value is -3.19. The van der Waals surface area contributed by atoms with Crippen LogP contribution in [0.5, 0.6) is 0 Å². The first-order valence-electron chi connectivity index (χ1n) is 6.46. The normalized spacial score (nSPS) is 10.0. The molecule has 1 heterocycles. The Balaban J connectivity index is 1.99. The third kappa shape index (κ3) is 2.72. The number of benzene rings is 2. The fourth-order valence-electron chi connectivity index (χ4n) is 2.01. The second-order valence-electron chi connectivity index (χ2n) is 4.58. The molecule has 0 atom stereocenters. The molecule has 0 radical (unpaired) electrons. The molecule has 3 aromatic rings. The first kappa shape index (κ1) is 12.8. The van der Waals surface area contributed by atoms with Crippen LogP contribution in [0.1, 0.15) is 5.56 Å². The van der Waals surface area contributed by atoms with E-state index in [9.17, 15) is 0 Å². The molecule has 0 unspecified atom stereocenters. The molecule has 0 saturated heterocycles. The van der Waals surface area contributed by atoms with E-state index in [-0.39, 0.29) is 0 Å². The van der Waals surface area contributed by atoms with Gasteiger partial charge in [0, 0.05) is 23.0 Å². The van der Waals surface area contributed by atoms with E-state index >= 15 is 0 Å². The van der Waals surface area contributed by atoms with Gasteiger partial charge >= 0.3 is 0 Å². The molecule has 0 fully saturated rings. The van der Waals surface area contributed by atoms with E-state index in [4.69, 9.17) is 11.0 Å². The number of hydrogen-bond acceptors (Lipinski definition) is 4. The zero-order chi connectivity index (χ0) is 14.7. The fraction of sp³-hybridized carbons (Fsp3) is 0. The summed E-state index contributed by atoms with van der Waals surface area (Å²) in [5.41, 5.74) is 9.72. The summed E-state index contributed by atoms with van der Waals surface area (Å²) in [5.74, 6) is 0.650. The number of rotatable bonds is 2. The molecular weight excluding hydrogens is 260 g/mol. The molecule has 4 nitrogen and oxygen atoms in total. The van der Waals surface area contributed by atoms with Gasteiger partial charge in [0.1, 0.15) is 0 Å². The highest BCUT2D eigenvalue weighted by atomic mass is 14.9. The first-order chi connectivity index (χ1) is 10.3. The van der Waals surface area contributed by atoms with Crippen molar-refractivity contribution in [2.45, 2.75) is 0 Å². The molecule has 21 heavy (non-hydrogen) atoms. The maximum atomic E-state index is 8.83. The smallest absolute Gasteiger partial charge is 0.159 e. The van der Waals surface area contributed by atoms with Gasteiger partial charge in [0.05, 0.1) is 17.3 Å². The number of nitriles is 1. The van der Waals surface area contributed by atoms with Crippen molar-refractivity contribution < 1.29 is 0 Å². The van der Waals surface area contributed by atoms with Gasteiger partial charge in [-0.3, -0.25) is 0 Å². The third-order valence-corrected chi connectivity index (χ3v) is 3.13. The topological polar surface area (TPSA) is 75.6 Å². The zero-order valence-corrected chi connectivity index (χ0v) is 11.2. The molecule has 0 bridgehead atoms. The van der Waals surface area contributed by atoms with Crippen molar-refractivity contribution in [2.24, 2.45) is 0 Å². The molecule has 2 aromatic carbocycles. The summed E-state index contributed by atoms with van der Waals surface area (Å²) < 4.78 is 0. The summed E-state index contributed by atoms with van der Waals surface area (Å²) in [6.07, 6.45) is 1.73. The monoisotopic (exact) mass is 272 g/mol. The molecule has 0 spiro atoms. The minimum absolute atomic E-state index is 0.631. The summed E-state index contributed by atoms with van der Waals surface area (Å²) in [6, 6.07) is 18.7. The highest BCUT2D eigenvalue weighted by Crippen LogP contribution is 2.21. The van der Waals surface area contributed by atoms with Gasteiger partial charge in [0.25, 0.3) is 0 Å². The maximum absolute atomic E-state index is 8.83. The van der Waals surface area contributed by atoms with Gasteiger partial charge in [0.2, 0.25) is 0 Å². The third-order valence-electron chi connectivity index (χ3n) is 3.13. The van der Waals surface area contributed by atoms with Gasteiger partial charge in [-0.1, -0.05) is 12.1 Å². The van der Waals surface area contributed by atoms with Gasteiger partial charge in [-0.25, -0.2) is 9.97 Å². The van der Waals surface area contributed by atoms with Crippen molar-refractivity contribution >= 4 is 5.69 Å². The number of nitrogens with zero attached hydrogens (tertiary/aromatic N) is 3. The van der Waals surface area contributed by atoms with Crippen LogP contribution in [0.15, 0.2) is 60.8 Å². The lowest BCUT2D eigenvalue weighted by atomic mass is 10.1. The second-order valence-corrected chi connectivity index (χ2v) is 4.58. The molecule has 0 aliphatic heterocycles. The number of aromatic nitrogens is 2. The van der Waals surface area contributed by atoms with Crippen molar-refractivity contribution in [3.8, 4) is 28.7 Å². The molecule has 0 aliphatic rings. The molecule has 0 saturated carbocycles. The van der Waals surface area contributed by atoms with Crippen LogP contribution in [0.25, 0.3) is 22.6 Å². The van der Waals surface area contributed by atoms with Gasteiger partial charge < -0.3 is 5.73 Å². The number of hydrogen-bond donors (Lipinski definition) is 1. The number of nitrogen functional groups attached to an aromatic ring is 1. The predicted octanol–water partition coefficient (Wildman–Crippen LogP) is 3.26. The lowest BCUT2D eigenvalue weighted by Crippen LogP contribution is -1.92. The summed E-state index contributed by atoms with van der Waals surface area (Å²) in [6.45, 7) is 0. The Morgan fingerprint density at radius 3 is 2.19 bits per heavy atom. The molecule has 0 aliphatic carbocycles. The van der Waals surface area contributed by atoms with Crippen molar-refractivity contribution in [2.75, 3.05) is 5.73 Å². The van der Waals surface area contributed by atoms with Gasteiger partial charge in [-0.05, 0) is 42.5 Å². The van der Waals surface area contributed by atoms with Crippen LogP contribution in [0.3, 0.4) is 0 Å². The number of nitrogens with two attached hydrogens (primary N) is 1. The highest BCUT2D eigenvalue weighted by Gasteiger charge is 2.04. The largest absolute Gasteiger partial charge is 0.399 e. The maximum Gasteiger partial charge on any atom is 0.159 e. The molecular formula is C17H12N4. The van der Waals surface area contributed by atoms with Crippen molar-refractivity contribution in [3.05, 3.63) is 66.4 Å². The molecule has 0 amide bonds. The zero-order valence-electron chi connectivity index (χ0n) is 11.2. The van der Waals surface area contributed by atoms with E-state index in [1.165, 1.54) is 0 Å². The molecule has 4 heteroatoms. The van der Waals surface area contributed by atoms with Crippen LogP contribution in [-0.4, -0.2) is 9.97 Å². The van der Waals surface area contributed by atoms with Crippen LogP contribution < -0.4 is 5.73 Å². The summed E-state index contributed by atoms with van der Waals surface area (Å²) in [5, 5.41) is 8.83. The van der Waals surface area contributed by atoms with Gasteiger partial charge in [-0.2, -0.15) is 5.26 Å². The van der Waals surface area contributed by atoms with E-state index in [1.807, 2.05) is 42.5 Å². The van der Waals surface area contributed by atoms with Crippen LogP contribution in [-0.2, 0) is 0 Å². The quantitative estimate of drug-likeness (QED) is 0.726. The Morgan fingerprint density at radius 2 is 1.52 bits per heavy atom. The van der Waals surface area contributed by atoms with Crippen LogP contribution >= 0.6 is 0 Å². The van der Waals surface area contributed by atoms with Crippen LogP contribution in [0, 0.1) is 11.3 Å². The lowest BCUT2D eigenvalue weighted by Gasteiger charge is -2.04. The minimum Gasteiger partial charge on any atom is -0.399 e. The summed E-state index contributed by atoms with van der Waals surface area (Å²) in [4.78, 5) is 8.86. The Kier molecular flexibility index (Phi) is 3.32. The van der Waals surface area contributed by atoms with Gasteiger partial charge in [0.15, 0.2) is 5.82 Å². The predicted molar refractivity (Wildman–Crippen MR) is 82.0 cm³/mol. The molecule has 1 aromatic heterocycles. The number of anilines is 1. The van der Waals surface area contributed by atoms with Crippen LogP contribution in [0.4, 0.5) is 5.69 Å². The van der Waals surface area contributed by atoms with E-state index in [1.54, 1.807) is 18.3 Å². The average molecular weight is 272 g/mol. The summed E-state index contributed by atoms with van der Waals surface area (Å²) in [7, 11) is 0. The average Bonchev–Trinajstić information content (AvgIpc) is 2.56. The SMILES string of the molecule is N#Cc1ccc(-c2ccnc(-c3ccc(N)cc3)n2)cc1. The van der Waals surface area contributed by atoms with E-state index < -0.39 is 0 Å². The fourth-order valence-corrected chi connectivity index (χ4v) is 2.01. The standard InChI is InChI=1S/C17H12N4/c18-11-12-1-3-13(4-2-12)16-9-10-20-17(21-16)14-5-7-15(19)8-6-14/h1-10H,19H2. The Bertz CT molecular complexity index is 799. The van der Waals surface area contributed by atoms with E-state index in [0.29, 0.717) is 17.1 Å². The molecule has 3 rings (SSSR count). The van der Waals surface area contributed by atoms with Gasteiger partial charge in [-0.15, -0.1) is 0 Å².